The molecule has 2 aliphatic rings. The molecule has 0 aromatic carbocycles. The molecule has 0 aliphatic carbocycles. The lowest BCUT2D eigenvalue weighted by molar-refractivity contribution is -0.131. The maximum Gasteiger partial charge on any atom is 0.223 e. The third kappa shape index (κ3) is 5.33. The molecule has 0 spiro atoms. The van der Waals surface area contributed by atoms with E-state index in [4.69, 9.17) is 4.52 Å². The van der Waals surface area contributed by atoms with Crippen LogP contribution in [0.4, 0.5) is 5.82 Å². The fraction of sp³-hybridized carbons (Fsp3) is 0.571. The van der Waals surface area contributed by atoms with Crippen LogP contribution >= 0.6 is 0 Å². The molecule has 2 aromatic heterocycles. The Bertz CT molecular complexity index is 779. The second-order valence-electron chi connectivity index (χ2n) is 7.85. The van der Waals surface area contributed by atoms with Gasteiger partial charge in [0.25, 0.3) is 0 Å². The van der Waals surface area contributed by atoms with Crippen LogP contribution in [0.2, 0.25) is 0 Å². The summed E-state index contributed by atoms with van der Waals surface area (Å²) in [6.45, 7) is 10.9. The van der Waals surface area contributed by atoms with Crippen molar-refractivity contribution >= 4 is 11.7 Å². The Hall–Kier alpha value is -2.45. The first-order valence-corrected chi connectivity index (χ1v) is 10.5. The molecule has 2 aliphatic heterocycles. The van der Waals surface area contributed by atoms with Crippen LogP contribution in [0.5, 0.6) is 0 Å². The molecule has 0 atom stereocenters. The number of aromatic nitrogens is 2. The Kier molecular flexibility index (Phi) is 6.41. The van der Waals surface area contributed by atoms with E-state index in [2.05, 4.69) is 24.8 Å². The van der Waals surface area contributed by atoms with Crippen molar-refractivity contribution in [2.24, 2.45) is 0 Å². The van der Waals surface area contributed by atoms with Crippen LogP contribution in [-0.2, 0) is 11.3 Å². The number of hydrogen-bond acceptors (Lipinski definition) is 7. The maximum atomic E-state index is 12.6. The van der Waals surface area contributed by atoms with Gasteiger partial charge in [0.05, 0.1) is 5.69 Å². The lowest BCUT2D eigenvalue weighted by Gasteiger charge is -2.37. The molecule has 0 saturated carbocycles. The van der Waals surface area contributed by atoms with Gasteiger partial charge in [-0.2, -0.15) is 0 Å². The van der Waals surface area contributed by atoms with Crippen molar-refractivity contribution < 1.29 is 9.32 Å². The summed E-state index contributed by atoms with van der Waals surface area (Å²) in [5.74, 6) is 2.13. The molecular formula is C21H30N6O2. The molecule has 0 bridgehead atoms. The molecule has 8 nitrogen and oxygen atoms in total. The predicted molar refractivity (Wildman–Crippen MR) is 111 cm³/mol. The molecule has 0 N–H and O–H groups in total. The summed E-state index contributed by atoms with van der Waals surface area (Å²) >= 11 is 0. The topological polar surface area (TPSA) is 69.0 Å². The lowest BCUT2D eigenvalue weighted by atomic mass is 10.2. The summed E-state index contributed by atoms with van der Waals surface area (Å²) in [6.07, 6.45) is 2.42. The molecule has 4 rings (SSSR count). The van der Waals surface area contributed by atoms with Crippen molar-refractivity contribution in [1.82, 2.24) is 24.8 Å². The first kappa shape index (κ1) is 19.8. The summed E-state index contributed by atoms with van der Waals surface area (Å²) in [5, 5.41) is 4.08. The quantitative estimate of drug-likeness (QED) is 0.725. The second-order valence-corrected chi connectivity index (χ2v) is 7.85. The number of carbonyl (C=O) groups excluding carboxylic acids is 1. The van der Waals surface area contributed by atoms with Crippen LogP contribution in [-0.4, -0.2) is 89.7 Å². The monoisotopic (exact) mass is 398 g/mol. The Morgan fingerprint density at radius 3 is 2.45 bits per heavy atom. The van der Waals surface area contributed by atoms with Gasteiger partial charge in [0, 0.05) is 84.1 Å². The van der Waals surface area contributed by atoms with Crippen LogP contribution in [0.25, 0.3) is 0 Å². The van der Waals surface area contributed by atoms with E-state index in [0.29, 0.717) is 6.42 Å². The molecule has 29 heavy (non-hydrogen) atoms. The standard InChI is InChI=1S/C21H30N6O2/c1-18-16-19(23-29-18)17-25-10-8-24(9-11-25)7-5-21(28)27-14-12-26(13-15-27)20-4-2-3-6-22-20/h2-4,6,16H,5,7-15,17H2,1H3. The van der Waals surface area contributed by atoms with E-state index in [1.165, 1.54) is 0 Å². The molecule has 156 valence electrons. The highest BCUT2D eigenvalue weighted by atomic mass is 16.5. The molecule has 1 amide bonds. The van der Waals surface area contributed by atoms with Gasteiger partial charge in [0.15, 0.2) is 0 Å². The van der Waals surface area contributed by atoms with Gasteiger partial charge in [0.1, 0.15) is 11.6 Å². The Balaban J connectivity index is 1.14. The van der Waals surface area contributed by atoms with Crippen molar-refractivity contribution in [2.45, 2.75) is 19.9 Å². The number of aryl methyl sites for hydroxylation is 1. The van der Waals surface area contributed by atoms with Gasteiger partial charge in [-0.05, 0) is 19.1 Å². The number of rotatable bonds is 6. The fourth-order valence-electron chi connectivity index (χ4n) is 4.03. The minimum atomic E-state index is 0.270. The fourth-order valence-corrected chi connectivity index (χ4v) is 4.03. The van der Waals surface area contributed by atoms with E-state index in [0.717, 1.165) is 82.7 Å². The number of carbonyl (C=O) groups is 1. The zero-order valence-corrected chi connectivity index (χ0v) is 17.2. The summed E-state index contributed by atoms with van der Waals surface area (Å²) in [7, 11) is 0. The van der Waals surface area contributed by atoms with Crippen LogP contribution < -0.4 is 4.90 Å². The minimum absolute atomic E-state index is 0.270. The third-order valence-corrected chi connectivity index (χ3v) is 5.77. The number of piperazine rings is 2. The summed E-state index contributed by atoms with van der Waals surface area (Å²) in [4.78, 5) is 26.1. The lowest BCUT2D eigenvalue weighted by Crippen LogP contribution is -2.50. The highest BCUT2D eigenvalue weighted by Crippen LogP contribution is 2.14. The first-order valence-electron chi connectivity index (χ1n) is 10.5. The first-order chi connectivity index (χ1) is 14.2. The summed E-state index contributed by atoms with van der Waals surface area (Å²) in [6, 6.07) is 7.96. The van der Waals surface area contributed by atoms with E-state index in [9.17, 15) is 4.79 Å². The molecule has 4 heterocycles. The second kappa shape index (κ2) is 9.37. The molecule has 2 saturated heterocycles. The average molecular weight is 399 g/mol. The van der Waals surface area contributed by atoms with Gasteiger partial charge < -0.3 is 19.2 Å². The van der Waals surface area contributed by atoms with Crippen LogP contribution in [0.15, 0.2) is 35.0 Å². The predicted octanol–water partition coefficient (Wildman–Crippen LogP) is 1.23. The Morgan fingerprint density at radius 1 is 1.03 bits per heavy atom. The largest absolute Gasteiger partial charge is 0.361 e. The van der Waals surface area contributed by atoms with Gasteiger partial charge in [-0.3, -0.25) is 9.69 Å². The molecule has 8 heteroatoms. The van der Waals surface area contributed by atoms with E-state index in [1.54, 1.807) is 0 Å². The van der Waals surface area contributed by atoms with Crippen molar-refractivity contribution in [2.75, 3.05) is 63.8 Å². The number of anilines is 1. The number of nitrogens with zero attached hydrogens (tertiary/aromatic N) is 6. The third-order valence-electron chi connectivity index (χ3n) is 5.77. The Labute approximate surface area is 172 Å². The number of pyridine rings is 1. The SMILES string of the molecule is Cc1cc(CN2CCN(CCC(=O)N3CCN(c4ccccn4)CC3)CC2)no1. The van der Waals surface area contributed by atoms with E-state index in [-0.39, 0.29) is 5.91 Å². The van der Waals surface area contributed by atoms with Gasteiger partial charge in [-0.25, -0.2) is 4.98 Å². The number of hydrogen-bond donors (Lipinski definition) is 0. The van der Waals surface area contributed by atoms with E-state index in [1.807, 2.05) is 42.3 Å². The van der Waals surface area contributed by atoms with Crippen LogP contribution in [0, 0.1) is 6.92 Å². The van der Waals surface area contributed by atoms with Crippen molar-refractivity contribution in [1.29, 1.82) is 0 Å². The zero-order valence-electron chi connectivity index (χ0n) is 17.2. The highest BCUT2D eigenvalue weighted by molar-refractivity contribution is 5.76. The minimum Gasteiger partial charge on any atom is -0.361 e. The molecule has 2 fully saturated rings. The number of amides is 1. The molecule has 0 unspecified atom stereocenters. The maximum absolute atomic E-state index is 12.6. The summed E-state index contributed by atoms with van der Waals surface area (Å²) < 4.78 is 5.15. The normalized spacial score (nSPS) is 18.9. The van der Waals surface area contributed by atoms with Gasteiger partial charge >= 0.3 is 0 Å². The van der Waals surface area contributed by atoms with Crippen molar-refractivity contribution in [3.8, 4) is 0 Å². The van der Waals surface area contributed by atoms with E-state index >= 15 is 0 Å². The molecule has 2 aromatic rings. The highest BCUT2D eigenvalue weighted by Gasteiger charge is 2.23. The Morgan fingerprint density at radius 2 is 1.79 bits per heavy atom. The van der Waals surface area contributed by atoms with Crippen LogP contribution in [0.3, 0.4) is 0 Å². The van der Waals surface area contributed by atoms with Crippen LogP contribution in [0.1, 0.15) is 17.9 Å². The smallest absolute Gasteiger partial charge is 0.223 e. The zero-order chi connectivity index (χ0) is 20.1. The van der Waals surface area contributed by atoms with Gasteiger partial charge in [-0.15, -0.1) is 0 Å². The average Bonchev–Trinajstić information content (AvgIpc) is 3.18. The molecular weight excluding hydrogens is 368 g/mol. The van der Waals surface area contributed by atoms with Gasteiger partial charge in [-0.1, -0.05) is 11.2 Å². The van der Waals surface area contributed by atoms with Gasteiger partial charge in [0.2, 0.25) is 5.91 Å². The van der Waals surface area contributed by atoms with Crippen molar-refractivity contribution in [3.63, 3.8) is 0 Å². The molecule has 0 radical (unpaired) electrons. The van der Waals surface area contributed by atoms with Crippen molar-refractivity contribution in [3.05, 3.63) is 41.9 Å². The summed E-state index contributed by atoms with van der Waals surface area (Å²) in [5.41, 5.74) is 0.996. The van der Waals surface area contributed by atoms with E-state index < -0.39 is 0 Å².